The molecule has 0 aromatic rings. The van der Waals surface area contributed by atoms with E-state index in [1.165, 1.54) is 4.31 Å². The highest BCUT2D eigenvalue weighted by atomic mass is 32.2. The number of amides is 1. The van der Waals surface area contributed by atoms with Crippen molar-refractivity contribution in [3.05, 3.63) is 0 Å². The van der Waals surface area contributed by atoms with Crippen LogP contribution in [0.15, 0.2) is 0 Å². The monoisotopic (exact) mass is 316 g/mol. The molecule has 6 heteroatoms. The summed E-state index contributed by atoms with van der Waals surface area (Å²) in [7, 11) is -3.10. The molecular weight excluding hydrogens is 288 g/mol. The van der Waals surface area contributed by atoms with Crippen LogP contribution in [0.25, 0.3) is 0 Å². The maximum atomic E-state index is 12.6. The van der Waals surface area contributed by atoms with Gasteiger partial charge in [0.05, 0.1) is 11.2 Å². The molecule has 1 heterocycles. The number of nitrogens with zero attached hydrogens (tertiary/aromatic N) is 2. The Morgan fingerprint density at radius 3 is 1.95 bits per heavy atom. The molecule has 21 heavy (non-hydrogen) atoms. The topological polar surface area (TPSA) is 57.7 Å². The summed E-state index contributed by atoms with van der Waals surface area (Å²) in [6, 6.07) is 0. The van der Waals surface area contributed by atoms with Gasteiger partial charge in [0.2, 0.25) is 15.9 Å². The number of sulfonamides is 1. The van der Waals surface area contributed by atoms with Crippen molar-refractivity contribution in [3.63, 3.8) is 0 Å². The first-order valence-corrected chi connectivity index (χ1v) is 9.50. The van der Waals surface area contributed by atoms with E-state index in [0.29, 0.717) is 24.9 Å². The van der Waals surface area contributed by atoms with Crippen molar-refractivity contribution in [1.82, 2.24) is 9.21 Å². The maximum absolute atomic E-state index is 12.6. The predicted octanol–water partition coefficient (Wildman–Crippen LogP) is 1.55. The zero-order valence-corrected chi connectivity index (χ0v) is 14.4. The SMILES string of the molecule is CC(C)CN(CC(C)C)C(=O)C1CN(S(=O)(=O)C2CC2)C1. The number of hydrogen-bond donors (Lipinski definition) is 0. The molecule has 2 fully saturated rings. The molecule has 5 nitrogen and oxygen atoms in total. The summed E-state index contributed by atoms with van der Waals surface area (Å²) in [5.74, 6) is 0.842. The molecule has 2 aliphatic rings. The lowest BCUT2D eigenvalue weighted by molar-refractivity contribution is -0.140. The first-order valence-electron chi connectivity index (χ1n) is 7.99. The Kier molecular flexibility index (Phi) is 4.98. The van der Waals surface area contributed by atoms with Crippen LogP contribution in [-0.4, -0.2) is 55.0 Å². The number of hydrogen-bond acceptors (Lipinski definition) is 3. The van der Waals surface area contributed by atoms with Gasteiger partial charge in [-0.15, -0.1) is 0 Å². The van der Waals surface area contributed by atoms with E-state index in [1.54, 1.807) is 0 Å². The first kappa shape index (κ1) is 16.7. The van der Waals surface area contributed by atoms with Gasteiger partial charge in [-0.2, -0.15) is 4.31 Å². The summed E-state index contributed by atoms with van der Waals surface area (Å²) in [4.78, 5) is 14.5. The van der Waals surface area contributed by atoms with Gasteiger partial charge < -0.3 is 4.90 Å². The van der Waals surface area contributed by atoms with Crippen LogP contribution in [0.5, 0.6) is 0 Å². The van der Waals surface area contributed by atoms with Crippen LogP contribution in [0.2, 0.25) is 0 Å². The molecule has 1 saturated heterocycles. The Morgan fingerprint density at radius 1 is 1.10 bits per heavy atom. The molecular formula is C15H28N2O3S. The van der Waals surface area contributed by atoms with Crippen LogP contribution in [0.3, 0.4) is 0 Å². The molecule has 0 spiro atoms. The van der Waals surface area contributed by atoms with E-state index in [-0.39, 0.29) is 17.1 Å². The fraction of sp³-hybridized carbons (Fsp3) is 0.933. The van der Waals surface area contributed by atoms with E-state index in [4.69, 9.17) is 0 Å². The molecule has 122 valence electrons. The number of rotatable bonds is 7. The second-order valence-corrected chi connectivity index (χ2v) is 9.50. The van der Waals surface area contributed by atoms with Crippen molar-refractivity contribution in [3.8, 4) is 0 Å². The summed E-state index contributed by atoms with van der Waals surface area (Å²) in [5.41, 5.74) is 0. The van der Waals surface area contributed by atoms with Gasteiger partial charge in [0.25, 0.3) is 0 Å². The molecule has 0 atom stereocenters. The molecule has 0 aromatic carbocycles. The quantitative estimate of drug-likeness (QED) is 0.716. The van der Waals surface area contributed by atoms with E-state index in [9.17, 15) is 13.2 Å². The molecule has 1 aliphatic heterocycles. The van der Waals surface area contributed by atoms with Crippen LogP contribution in [0.4, 0.5) is 0 Å². The van der Waals surface area contributed by atoms with Crippen molar-refractivity contribution >= 4 is 15.9 Å². The maximum Gasteiger partial charge on any atom is 0.228 e. The van der Waals surface area contributed by atoms with E-state index < -0.39 is 10.0 Å². The van der Waals surface area contributed by atoms with E-state index in [0.717, 1.165) is 25.9 Å². The molecule has 0 radical (unpaired) electrons. The van der Waals surface area contributed by atoms with E-state index in [2.05, 4.69) is 27.7 Å². The number of carbonyl (C=O) groups is 1. The standard InChI is InChI=1S/C15H28N2O3S/c1-11(2)7-16(8-12(3)4)15(18)13-9-17(10-13)21(19,20)14-5-6-14/h11-14H,5-10H2,1-4H3. The summed E-state index contributed by atoms with van der Waals surface area (Å²) >= 11 is 0. The average molecular weight is 316 g/mol. The van der Waals surface area contributed by atoms with Crippen LogP contribution in [-0.2, 0) is 14.8 Å². The van der Waals surface area contributed by atoms with Crippen molar-refractivity contribution in [2.45, 2.75) is 45.8 Å². The lowest BCUT2D eigenvalue weighted by Crippen LogP contribution is -2.57. The minimum Gasteiger partial charge on any atom is -0.342 e. The second kappa shape index (κ2) is 6.24. The Labute approximate surface area is 128 Å². The fourth-order valence-corrected chi connectivity index (χ4v) is 4.70. The molecule has 0 aromatic heterocycles. The van der Waals surface area contributed by atoms with Gasteiger partial charge in [0.1, 0.15) is 0 Å². The summed E-state index contributed by atoms with van der Waals surface area (Å²) in [6.45, 7) is 10.7. The Hall–Kier alpha value is -0.620. The van der Waals surface area contributed by atoms with Crippen LogP contribution in [0.1, 0.15) is 40.5 Å². The van der Waals surface area contributed by atoms with Gasteiger partial charge >= 0.3 is 0 Å². The Balaban J connectivity index is 1.90. The molecule has 1 saturated carbocycles. The van der Waals surface area contributed by atoms with Gasteiger partial charge in [0.15, 0.2) is 0 Å². The Morgan fingerprint density at radius 2 is 1.57 bits per heavy atom. The van der Waals surface area contributed by atoms with Gasteiger partial charge in [-0.25, -0.2) is 8.42 Å². The minimum atomic E-state index is -3.10. The van der Waals surface area contributed by atoms with Gasteiger partial charge in [-0.1, -0.05) is 27.7 Å². The second-order valence-electron chi connectivity index (χ2n) is 7.29. The van der Waals surface area contributed by atoms with Gasteiger partial charge in [0, 0.05) is 26.2 Å². The van der Waals surface area contributed by atoms with Crippen LogP contribution >= 0.6 is 0 Å². The molecule has 1 aliphatic carbocycles. The molecule has 0 N–H and O–H groups in total. The lowest BCUT2D eigenvalue weighted by Gasteiger charge is -2.40. The third kappa shape index (κ3) is 3.97. The average Bonchev–Trinajstić information content (AvgIpc) is 3.07. The summed E-state index contributed by atoms with van der Waals surface area (Å²) in [6.07, 6.45) is 1.56. The van der Waals surface area contributed by atoms with Gasteiger partial charge in [-0.3, -0.25) is 4.79 Å². The van der Waals surface area contributed by atoms with Gasteiger partial charge in [-0.05, 0) is 24.7 Å². The normalized spacial score (nSPS) is 20.9. The van der Waals surface area contributed by atoms with Crippen molar-refractivity contribution in [2.24, 2.45) is 17.8 Å². The van der Waals surface area contributed by atoms with Crippen molar-refractivity contribution < 1.29 is 13.2 Å². The van der Waals surface area contributed by atoms with E-state index in [1.807, 2.05) is 4.90 Å². The Bertz CT molecular complexity index is 467. The zero-order chi connectivity index (χ0) is 15.8. The predicted molar refractivity (Wildman–Crippen MR) is 83.3 cm³/mol. The van der Waals surface area contributed by atoms with E-state index >= 15 is 0 Å². The summed E-state index contributed by atoms with van der Waals surface area (Å²) < 4.78 is 25.6. The smallest absolute Gasteiger partial charge is 0.228 e. The molecule has 0 unspecified atom stereocenters. The molecule has 0 bridgehead atoms. The summed E-state index contributed by atoms with van der Waals surface area (Å²) in [5, 5.41) is -0.170. The highest BCUT2D eigenvalue weighted by Crippen LogP contribution is 2.34. The third-order valence-corrected chi connectivity index (χ3v) is 6.32. The van der Waals surface area contributed by atoms with Crippen molar-refractivity contribution in [1.29, 1.82) is 0 Å². The fourth-order valence-electron chi connectivity index (χ4n) is 2.77. The lowest BCUT2D eigenvalue weighted by atomic mass is 10.00. The third-order valence-electron chi connectivity index (χ3n) is 3.99. The molecule has 1 amide bonds. The highest BCUT2D eigenvalue weighted by molar-refractivity contribution is 7.90. The number of carbonyl (C=O) groups excluding carboxylic acids is 1. The van der Waals surface area contributed by atoms with Crippen LogP contribution < -0.4 is 0 Å². The largest absolute Gasteiger partial charge is 0.342 e. The minimum absolute atomic E-state index is 0.125. The zero-order valence-electron chi connectivity index (χ0n) is 13.6. The van der Waals surface area contributed by atoms with Crippen molar-refractivity contribution in [2.75, 3.05) is 26.2 Å². The highest BCUT2D eigenvalue weighted by Gasteiger charge is 2.47. The molecule has 2 rings (SSSR count). The first-order chi connectivity index (χ1) is 9.71. The van der Waals surface area contributed by atoms with Crippen LogP contribution in [0, 0.1) is 17.8 Å².